The van der Waals surface area contributed by atoms with E-state index in [-0.39, 0.29) is 0 Å². The van der Waals surface area contributed by atoms with Gasteiger partial charge in [0.2, 0.25) is 0 Å². The Hall–Kier alpha value is -1.03. The first-order chi connectivity index (χ1) is 8.42. The molecule has 1 amide bonds. The van der Waals surface area contributed by atoms with Gasteiger partial charge in [0.1, 0.15) is 5.60 Å². The molecule has 0 aromatic carbocycles. The Labute approximate surface area is 110 Å². The summed E-state index contributed by atoms with van der Waals surface area (Å²) < 4.78 is 5.19. The van der Waals surface area contributed by atoms with E-state index in [2.05, 4.69) is 17.4 Å². The van der Waals surface area contributed by atoms with Crippen LogP contribution in [0.2, 0.25) is 0 Å². The number of carbonyl (C=O) groups is 1. The maximum Gasteiger partial charge on any atom is 0.422 e. The van der Waals surface area contributed by atoms with Crippen molar-refractivity contribution >= 4 is 6.09 Å². The number of rotatable bonds is 4. The molecule has 0 heterocycles. The van der Waals surface area contributed by atoms with Gasteiger partial charge in [-0.1, -0.05) is 18.9 Å². The van der Waals surface area contributed by atoms with Crippen LogP contribution in [0.5, 0.6) is 0 Å². The molecule has 1 saturated carbocycles. The summed E-state index contributed by atoms with van der Waals surface area (Å²) >= 11 is 0. The quantitative estimate of drug-likeness (QED) is 0.598. The Morgan fingerprint density at radius 2 is 2.06 bits per heavy atom. The lowest BCUT2D eigenvalue weighted by molar-refractivity contribution is 0.0471. The van der Waals surface area contributed by atoms with Gasteiger partial charge in [0, 0.05) is 6.04 Å². The van der Waals surface area contributed by atoms with Crippen LogP contribution < -0.4 is 10.9 Å². The number of allylic oxidation sites excluding steroid dienone is 1. The second-order valence-electron chi connectivity index (χ2n) is 5.95. The van der Waals surface area contributed by atoms with Crippen LogP contribution >= 0.6 is 0 Å². The van der Waals surface area contributed by atoms with Gasteiger partial charge < -0.3 is 4.74 Å². The second kappa shape index (κ2) is 6.78. The Morgan fingerprint density at radius 1 is 1.39 bits per heavy atom. The molecule has 0 radical (unpaired) electrons. The van der Waals surface area contributed by atoms with Crippen molar-refractivity contribution in [2.75, 3.05) is 0 Å². The maximum atomic E-state index is 11.5. The number of hydrogen-bond donors (Lipinski definition) is 2. The Bertz CT molecular complexity index is 284. The van der Waals surface area contributed by atoms with Crippen molar-refractivity contribution in [1.29, 1.82) is 0 Å². The van der Waals surface area contributed by atoms with Gasteiger partial charge in [-0.25, -0.2) is 10.2 Å². The van der Waals surface area contributed by atoms with Crippen molar-refractivity contribution < 1.29 is 9.53 Å². The zero-order valence-electron chi connectivity index (χ0n) is 11.8. The van der Waals surface area contributed by atoms with Crippen LogP contribution in [0.1, 0.15) is 52.9 Å². The largest absolute Gasteiger partial charge is 0.443 e. The fourth-order valence-corrected chi connectivity index (χ4v) is 2.35. The predicted molar refractivity (Wildman–Crippen MR) is 73.1 cm³/mol. The van der Waals surface area contributed by atoms with Crippen LogP contribution in [-0.2, 0) is 4.74 Å². The third-order valence-corrected chi connectivity index (χ3v) is 3.14. The summed E-state index contributed by atoms with van der Waals surface area (Å²) in [7, 11) is 0. The molecule has 0 aromatic rings. The van der Waals surface area contributed by atoms with Crippen molar-refractivity contribution in [3.05, 3.63) is 12.7 Å². The molecule has 4 heteroatoms. The molecule has 104 valence electrons. The molecule has 2 N–H and O–H groups in total. The lowest BCUT2D eigenvalue weighted by Gasteiger charge is -2.32. The third kappa shape index (κ3) is 5.54. The first-order valence-electron chi connectivity index (χ1n) is 6.78. The summed E-state index contributed by atoms with van der Waals surface area (Å²) in [5, 5.41) is 0. The standard InChI is InChI=1S/C14H26N2O2/c1-5-8-11-9-6-7-10-12(11)15-16-13(17)18-14(2,3)4/h5,11-12,15H,1,6-10H2,2-4H3,(H,16,17)/t11-,12+/m0/s1. The highest BCUT2D eigenvalue weighted by Crippen LogP contribution is 2.26. The summed E-state index contributed by atoms with van der Waals surface area (Å²) in [5.41, 5.74) is 5.30. The monoisotopic (exact) mass is 254 g/mol. The Kier molecular flexibility index (Phi) is 5.66. The molecule has 0 saturated heterocycles. The van der Waals surface area contributed by atoms with Gasteiger partial charge in [0.15, 0.2) is 0 Å². The highest BCUT2D eigenvalue weighted by atomic mass is 16.6. The van der Waals surface area contributed by atoms with E-state index in [9.17, 15) is 4.79 Å². The van der Waals surface area contributed by atoms with E-state index >= 15 is 0 Å². The molecule has 0 unspecified atom stereocenters. The average Bonchev–Trinajstić information content (AvgIpc) is 2.26. The first kappa shape index (κ1) is 15.0. The van der Waals surface area contributed by atoms with Crippen LogP contribution in [0.4, 0.5) is 4.79 Å². The molecular weight excluding hydrogens is 228 g/mol. The Balaban J connectivity index is 2.36. The van der Waals surface area contributed by atoms with Crippen LogP contribution in [0.15, 0.2) is 12.7 Å². The zero-order valence-corrected chi connectivity index (χ0v) is 11.8. The molecule has 4 nitrogen and oxygen atoms in total. The first-order valence-corrected chi connectivity index (χ1v) is 6.78. The van der Waals surface area contributed by atoms with Gasteiger partial charge in [-0.05, 0) is 46.0 Å². The van der Waals surface area contributed by atoms with Gasteiger partial charge in [0.25, 0.3) is 0 Å². The third-order valence-electron chi connectivity index (χ3n) is 3.14. The molecule has 1 rings (SSSR count). The fraction of sp³-hybridized carbons (Fsp3) is 0.786. The van der Waals surface area contributed by atoms with E-state index < -0.39 is 11.7 Å². The highest BCUT2D eigenvalue weighted by molar-refractivity contribution is 5.67. The predicted octanol–water partition coefficient (Wildman–Crippen LogP) is 3.15. The van der Waals surface area contributed by atoms with Crippen LogP contribution in [0.3, 0.4) is 0 Å². The van der Waals surface area contributed by atoms with Crippen molar-refractivity contribution in [2.45, 2.75) is 64.5 Å². The molecule has 0 aromatic heterocycles. The summed E-state index contributed by atoms with van der Waals surface area (Å²) in [4.78, 5) is 11.5. The van der Waals surface area contributed by atoms with E-state index in [0.29, 0.717) is 12.0 Å². The maximum absolute atomic E-state index is 11.5. The topological polar surface area (TPSA) is 50.4 Å². The summed E-state index contributed by atoms with van der Waals surface area (Å²) in [6, 6.07) is 0.323. The van der Waals surface area contributed by atoms with E-state index in [1.165, 1.54) is 19.3 Å². The highest BCUT2D eigenvalue weighted by Gasteiger charge is 2.25. The van der Waals surface area contributed by atoms with Crippen molar-refractivity contribution in [3.8, 4) is 0 Å². The van der Waals surface area contributed by atoms with Crippen LogP contribution in [-0.4, -0.2) is 17.7 Å². The lowest BCUT2D eigenvalue weighted by atomic mass is 9.83. The molecule has 1 aliphatic carbocycles. The summed E-state index contributed by atoms with van der Waals surface area (Å²) in [6.07, 6.45) is 7.30. The zero-order chi connectivity index (χ0) is 13.6. The molecule has 1 fully saturated rings. The van der Waals surface area contributed by atoms with Crippen molar-refractivity contribution in [2.24, 2.45) is 5.92 Å². The molecule has 2 atom stereocenters. The minimum Gasteiger partial charge on any atom is -0.443 e. The van der Waals surface area contributed by atoms with E-state index in [1.54, 1.807) is 0 Å². The molecule has 18 heavy (non-hydrogen) atoms. The van der Waals surface area contributed by atoms with Gasteiger partial charge in [-0.3, -0.25) is 5.43 Å². The summed E-state index contributed by atoms with van der Waals surface area (Å²) in [6.45, 7) is 9.36. The number of amides is 1. The summed E-state index contributed by atoms with van der Waals surface area (Å²) in [5.74, 6) is 0.561. The van der Waals surface area contributed by atoms with E-state index in [4.69, 9.17) is 4.74 Å². The SMILES string of the molecule is C=CC[C@H]1CCCC[C@H]1NNC(=O)OC(C)(C)C. The minimum absolute atomic E-state index is 0.323. The van der Waals surface area contributed by atoms with Crippen molar-refractivity contribution in [3.63, 3.8) is 0 Å². The average molecular weight is 254 g/mol. The molecule has 1 aliphatic rings. The van der Waals surface area contributed by atoms with Gasteiger partial charge in [-0.2, -0.15) is 0 Å². The van der Waals surface area contributed by atoms with E-state index in [1.807, 2.05) is 26.8 Å². The van der Waals surface area contributed by atoms with E-state index in [0.717, 1.165) is 12.8 Å². The number of nitrogens with one attached hydrogen (secondary N) is 2. The van der Waals surface area contributed by atoms with Crippen LogP contribution in [0, 0.1) is 5.92 Å². The number of ether oxygens (including phenoxy) is 1. The Morgan fingerprint density at radius 3 is 2.67 bits per heavy atom. The number of carbonyl (C=O) groups excluding carboxylic acids is 1. The lowest BCUT2D eigenvalue weighted by Crippen LogP contribution is -2.50. The van der Waals surface area contributed by atoms with Crippen LogP contribution in [0.25, 0.3) is 0 Å². The normalized spacial score (nSPS) is 24.4. The molecule has 0 spiro atoms. The van der Waals surface area contributed by atoms with Gasteiger partial charge in [0.05, 0.1) is 0 Å². The number of hydrazine groups is 1. The molecule has 0 bridgehead atoms. The van der Waals surface area contributed by atoms with Crippen molar-refractivity contribution in [1.82, 2.24) is 10.9 Å². The van der Waals surface area contributed by atoms with Gasteiger partial charge >= 0.3 is 6.09 Å². The smallest absolute Gasteiger partial charge is 0.422 e. The number of hydrogen-bond acceptors (Lipinski definition) is 3. The molecular formula is C14H26N2O2. The molecule has 0 aliphatic heterocycles. The minimum atomic E-state index is -0.459. The second-order valence-corrected chi connectivity index (χ2v) is 5.95. The fourth-order valence-electron chi connectivity index (χ4n) is 2.35. The van der Waals surface area contributed by atoms with Gasteiger partial charge in [-0.15, -0.1) is 6.58 Å².